The summed E-state index contributed by atoms with van der Waals surface area (Å²) in [5.74, 6) is 2.37. The smallest absolute Gasteiger partial charge is 0.418 e. The molecule has 0 aliphatic rings. The summed E-state index contributed by atoms with van der Waals surface area (Å²) >= 11 is -0.779. The van der Waals surface area contributed by atoms with E-state index in [0.717, 1.165) is 0 Å². The summed E-state index contributed by atoms with van der Waals surface area (Å²) in [6.07, 6.45) is 0. The van der Waals surface area contributed by atoms with E-state index in [1.807, 2.05) is 0 Å². The van der Waals surface area contributed by atoms with Gasteiger partial charge in [0, 0.05) is 0 Å². The van der Waals surface area contributed by atoms with E-state index < -0.39 is 21.2 Å². The van der Waals surface area contributed by atoms with E-state index in [2.05, 4.69) is 66.5 Å². The van der Waals surface area contributed by atoms with Crippen LogP contribution in [0.4, 0.5) is 17.3 Å². The summed E-state index contributed by atoms with van der Waals surface area (Å²) in [7, 11) is -6.00. The molecular formula is C13H13BF4Se. The molecule has 2 aromatic carbocycles. The molecule has 0 N–H and O–H groups in total. The number of hydrogen-bond donors (Lipinski definition) is 0. The summed E-state index contributed by atoms with van der Waals surface area (Å²) in [4.78, 5) is 0. The van der Waals surface area contributed by atoms with E-state index in [0.29, 0.717) is 0 Å². The van der Waals surface area contributed by atoms with Gasteiger partial charge in [0.05, 0.1) is 0 Å². The van der Waals surface area contributed by atoms with Crippen LogP contribution in [0.1, 0.15) is 0 Å². The first-order chi connectivity index (χ1) is 8.88. The van der Waals surface area contributed by atoms with E-state index in [-0.39, 0.29) is 0 Å². The Hall–Kier alpha value is -1.26. The third-order valence-corrected chi connectivity index (χ3v) is 6.30. The molecule has 0 atom stereocenters. The average molecular weight is 335 g/mol. The Morgan fingerprint density at radius 3 is 1.21 bits per heavy atom. The summed E-state index contributed by atoms with van der Waals surface area (Å²) in [6, 6.07) is 21.6. The van der Waals surface area contributed by atoms with Gasteiger partial charge in [0.25, 0.3) is 0 Å². The van der Waals surface area contributed by atoms with Crippen LogP contribution in [-0.2, 0) is 0 Å². The minimum absolute atomic E-state index is 0.779. The first-order valence-electron chi connectivity index (χ1n) is 5.51. The van der Waals surface area contributed by atoms with Crippen molar-refractivity contribution >= 4 is 30.1 Å². The van der Waals surface area contributed by atoms with Gasteiger partial charge in [-0.15, -0.1) is 0 Å². The van der Waals surface area contributed by atoms with Gasteiger partial charge in [-0.25, -0.2) is 0 Å². The Morgan fingerprint density at radius 1 is 0.684 bits per heavy atom. The van der Waals surface area contributed by atoms with Crippen LogP contribution in [0.15, 0.2) is 60.7 Å². The first kappa shape index (κ1) is 15.8. The molecule has 2 rings (SSSR count). The van der Waals surface area contributed by atoms with E-state index in [9.17, 15) is 17.3 Å². The zero-order chi connectivity index (χ0) is 14.3. The number of halogens is 4. The summed E-state index contributed by atoms with van der Waals surface area (Å²) < 4.78 is 42.0. The molecule has 0 saturated carbocycles. The van der Waals surface area contributed by atoms with Gasteiger partial charge in [0.1, 0.15) is 0 Å². The normalized spacial score (nSPS) is 10.8. The van der Waals surface area contributed by atoms with Gasteiger partial charge in [0.2, 0.25) is 0 Å². The SMILES string of the molecule is C[Se+](c1ccccc1)c1ccccc1.F[B-](F)(F)F. The third-order valence-electron chi connectivity index (χ3n) is 2.19. The molecule has 0 aliphatic carbocycles. The Balaban J connectivity index is 0.000000312. The van der Waals surface area contributed by atoms with Gasteiger partial charge in [-0.1, -0.05) is 0 Å². The molecule has 6 heteroatoms. The molecule has 0 radical (unpaired) electrons. The first-order valence-corrected chi connectivity index (χ1v) is 8.94. The summed E-state index contributed by atoms with van der Waals surface area (Å²) in [5.41, 5.74) is 0. The Bertz CT molecular complexity index is 428. The van der Waals surface area contributed by atoms with Crippen molar-refractivity contribution in [2.75, 3.05) is 0 Å². The molecule has 0 spiro atoms. The molecule has 0 unspecified atom stereocenters. The Morgan fingerprint density at radius 2 is 0.947 bits per heavy atom. The van der Waals surface area contributed by atoms with Crippen LogP contribution in [0.2, 0.25) is 5.82 Å². The predicted octanol–water partition coefficient (Wildman–Crippen LogP) is 3.23. The monoisotopic (exact) mass is 336 g/mol. The maximum atomic E-state index is 9.75. The van der Waals surface area contributed by atoms with Crippen LogP contribution in [0.3, 0.4) is 0 Å². The van der Waals surface area contributed by atoms with Crippen molar-refractivity contribution < 1.29 is 17.3 Å². The van der Waals surface area contributed by atoms with Crippen molar-refractivity contribution in [3.05, 3.63) is 60.7 Å². The van der Waals surface area contributed by atoms with Gasteiger partial charge < -0.3 is 17.3 Å². The molecule has 0 saturated heterocycles. The molecule has 19 heavy (non-hydrogen) atoms. The van der Waals surface area contributed by atoms with Crippen molar-refractivity contribution in [2.45, 2.75) is 5.82 Å². The quantitative estimate of drug-likeness (QED) is 0.584. The van der Waals surface area contributed by atoms with Gasteiger partial charge in [-0.05, 0) is 0 Å². The zero-order valence-electron chi connectivity index (χ0n) is 10.3. The minimum atomic E-state index is -6.00. The van der Waals surface area contributed by atoms with Crippen LogP contribution in [0.5, 0.6) is 0 Å². The molecule has 0 aromatic heterocycles. The second-order valence-corrected chi connectivity index (χ2v) is 7.75. The van der Waals surface area contributed by atoms with Crippen LogP contribution in [-0.4, -0.2) is 21.2 Å². The fourth-order valence-electron chi connectivity index (χ4n) is 1.39. The largest absolute Gasteiger partial charge is 0.673 e. The molecule has 2 aromatic rings. The predicted molar refractivity (Wildman–Crippen MR) is 74.0 cm³/mol. The molecule has 0 heterocycles. The maximum Gasteiger partial charge on any atom is 0.673 e. The van der Waals surface area contributed by atoms with E-state index in [1.54, 1.807) is 0 Å². The van der Waals surface area contributed by atoms with Crippen LogP contribution in [0, 0.1) is 0 Å². The van der Waals surface area contributed by atoms with Crippen LogP contribution < -0.4 is 8.92 Å². The van der Waals surface area contributed by atoms with Crippen LogP contribution >= 0.6 is 0 Å². The van der Waals surface area contributed by atoms with Gasteiger partial charge in [-0.3, -0.25) is 0 Å². The maximum absolute atomic E-state index is 9.75. The number of hydrogen-bond acceptors (Lipinski definition) is 0. The second-order valence-electron chi connectivity index (χ2n) is 3.63. The van der Waals surface area contributed by atoms with E-state index >= 15 is 0 Å². The van der Waals surface area contributed by atoms with Crippen molar-refractivity contribution in [3.8, 4) is 0 Å². The molecule has 0 amide bonds. The minimum Gasteiger partial charge on any atom is -0.418 e. The molecular weight excluding hydrogens is 322 g/mol. The molecule has 0 bridgehead atoms. The van der Waals surface area contributed by atoms with Crippen molar-refractivity contribution in [1.82, 2.24) is 0 Å². The second kappa shape index (κ2) is 7.36. The summed E-state index contributed by atoms with van der Waals surface area (Å²) in [6.45, 7) is 0. The third kappa shape index (κ3) is 7.04. The Kier molecular flexibility index (Phi) is 6.12. The van der Waals surface area contributed by atoms with Crippen molar-refractivity contribution in [2.24, 2.45) is 0 Å². The van der Waals surface area contributed by atoms with Gasteiger partial charge in [-0.2, -0.15) is 0 Å². The number of rotatable bonds is 2. The van der Waals surface area contributed by atoms with E-state index in [1.165, 1.54) is 8.92 Å². The fourth-order valence-corrected chi connectivity index (χ4v) is 4.33. The molecule has 102 valence electrons. The zero-order valence-corrected chi connectivity index (χ0v) is 12.0. The van der Waals surface area contributed by atoms with Crippen molar-refractivity contribution in [3.63, 3.8) is 0 Å². The standard InChI is InChI=1S/C13H13Se.BF4/c1-14(12-8-4-2-5-9-12)13-10-6-3-7-11-13;2-1(3,4)5/h2-11H,1H3;/q+1;-1. The van der Waals surface area contributed by atoms with Crippen LogP contribution in [0.25, 0.3) is 0 Å². The number of benzene rings is 2. The molecule has 0 aliphatic heterocycles. The van der Waals surface area contributed by atoms with Gasteiger partial charge >= 0.3 is 96.6 Å². The van der Waals surface area contributed by atoms with Gasteiger partial charge in [0.15, 0.2) is 0 Å². The molecule has 0 fully saturated rings. The fraction of sp³-hybridized carbons (Fsp3) is 0.0769. The topological polar surface area (TPSA) is 0 Å². The average Bonchev–Trinajstić information content (AvgIpc) is 2.38. The van der Waals surface area contributed by atoms with E-state index in [4.69, 9.17) is 0 Å². The molecule has 0 nitrogen and oxygen atoms in total. The summed E-state index contributed by atoms with van der Waals surface area (Å²) in [5, 5.41) is 0. The Labute approximate surface area is 114 Å². The van der Waals surface area contributed by atoms with Crippen molar-refractivity contribution in [1.29, 1.82) is 0 Å².